The number of hydrogen-bond donors (Lipinski definition) is 4. The van der Waals surface area contributed by atoms with Gasteiger partial charge in [0.25, 0.3) is 10.0 Å². The molecular weight excluding hydrogens is 478 g/mol. The number of rotatable bonds is 10. The summed E-state index contributed by atoms with van der Waals surface area (Å²) < 4.78 is 60.3. The van der Waals surface area contributed by atoms with Gasteiger partial charge in [-0.3, -0.25) is 9.82 Å². The average molecular weight is 503 g/mol. The molecule has 0 radical (unpaired) electrons. The van der Waals surface area contributed by atoms with Crippen molar-refractivity contribution in [2.24, 2.45) is 0 Å². The summed E-state index contributed by atoms with van der Waals surface area (Å²) in [5, 5.41) is 21.7. The van der Waals surface area contributed by atoms with Crippen molar-refractivity contribution in [1.29, 1.82) is 0 Å². The third-order valence-corrected chi connectivity index (χ3v) is 6.74. The Morgan fingerprint density at radius 1 is 1.11 bits per heavy atom. The second kappa shape index (κ2) is 10.4. The first kappa shape index (κ1) is 24.6. The van der Waals surface area contributed by atoms with Crippen LogP contribution in [0, 0.1) is 18.6 Å². The van der Waals surface area contributed by atoms with Crippen LogP contribution in [0.2, 0.25) is 0 Å². The quantitative estimate of drug-likeness (QED) is 0.246. The first-order valence-electron chi connectivity index (χ1n) is 10.8. The van der Waals surface area contributed by atoms with Gasteiger partial charge in [-0.15, -0.1) is 0 Å². The molecule has 4 rings (SSSR count). The summed E-state index contributed by atoms with van der Waals surface area (Å²) in [4.78, 5) is -0.799. The topological polar surface area (TPSA) is 116 Å². The van der Waals surface area contributed by atoms with E-state index in [9.17, 15) is 22.3 Å². The Morgan fingerprint density at radius 3 is 2.74 bits per heavy atom. The molecule has 8 nitrogen and oxygen atoms in total. The Balaban J connectivity index is 1.29. The number of aromatic amines is 1. The number of aliphatic hydroxyl groups excluding tert-OH is 1. The van der Waals surface area contributed by atoms with Crippen LogP contribution in [-0.2, 0) is 10.0 Å². The van der Waals surface area contributed by atoms with Crippen molar-refractivity contribution in [2.45, 2.75) is 17.9 Å². The van der Waals surface area contributed by atoms with E-state index in [-0.39, 0.29) is 12.2 Å². The van der Waals surface area contributed by atoms with Crippen LogP contribution < -0.4 is 14.8 Å². The lowest BCUT2D eigenvalue weighted by molar-refractivity contribution is 0.172. The summed E-state index contributed by atoms with van der Waals surface area (Å²) in [6, 6.07) is 14.6. The Bertz CT molecular complexity index is 1440. The summed E-state index contributed by atoms with van der Waals surface area (Å²) >= 11 is 0. The lowest BCUT2D eigenvalue weighted by Crippen LogP contribution is -2.26. The van der Waals surface area contributed by atoms with Crippen molar-refractivity contribution >= 4 is 26.6 Å². The number of aromatic nitrogens is 2. The maximum absolute atomic E-state index is 13.9. The molecule has 0 aliphatic carbocycles. The molecule has 3 aromatic carbocycles. The van der Waals surface area contributed by atoms with Crippen molar-refractivity contribution in [2.75, 3.05) is 24.4 Å². The minimum Gasteiger partial charge on any atom is -0.492 e. The van der Waals surface area contributed by atoms with Gasteiger partial charge in [0.1, 0.15) is 17.3 Å². The molecule has 0 saturated carbocycles. The lowest BCUT2D eigenvalue weighted by Gasteiger charge is -2.15. The van der Waals surface area contributed by atoms with Crippen molar-refractivity contribution in [3.63, 3.8) is 0 Å². The third kappa shape index (κ3) is 5.76. The summed E-state index contributed by atoms with van der Waals surface area (Å²) in [7, 11) is -4.36. The molecule has 0 aliphatic heterocycles. The smallest absolute Gasteiger partial charge is 0.264 e. The Morgan fingerprint density at radius 2 is 1.91 bits per heavy atom. The molecule has 4 aromatic rings. The van der Waals surface area contributed by atoms with Gasteiger partial charge in [-0.2, -0.15) is 5.10 Å². The van der Waals surface area contributed by atoms with Gasteiger partial charge in [-0.25, -0.2) is 17.2 Å². The SMILES string of the molecule is Cc1n[nH]c2cc(OCCNC[C@H](O)c3cccc(NS(=O)(=O)c4cccc(F)c4F)c3)ccc12. The Hall–Kier alpha value is -3.54. The van der Waals surface area contributed by atoms with Crippen LogP contribution >= 0.6 is 0 Å². The van der Waals surface area contributed by atoms with E-state index in [2.05, 4.69) is 20.2 Å². The predicted octanol–water partition coefficient (Wildman–Crippen LogP) is 3.65. The molecule has 35 heavy (non-hydrogen) atoms. The number of aliphatic hydroxyl groups is 1. The number of benzene rings is 3. The molecule has 0 amide bonds. The Kier molecular flexibility index (Phi) is 7.29. The van der Waals surface area contributed by atoms with E-state index in [4.69, 9.17) is 4.74 Å². The molecule has 4 N–H and O–H groups in total. The second-order valence-electron chi connectivity index (χ2n) is 7.87. The number of aryl methyl sites for hydroxylation is 1. The first-order valence-corrected chi connectivity index (χ1v) is 12.3. The molecule has 0 spiro atoms. The highest BCUT2D eigenvalue weighted by molar-refractivity contribution is 7.92. The maximum atomic E-state index is 13.9. The molecule has 0 aliphatic rings. The first-order chi connectivity index (χ1) is 16.7. The molecule has 11 heteroatoms. The van der Waals surface area contributed by atoms with E-state index in [1.807, 2.05) is 25.1 Å². The standard InChI is InChI=1S/C24H24F2N4O4S/c1-15-19-9-8-18(13-21(19)29-28-15)34-11-10-27-14-22(31)16-4-2-5-17(12-16)30-35(32,33)23-7-3-6-20(25)24(23)26/h2-9,12-13,22,27,30-31H,10-11,14H2,1H3,(H,28,29)/t22-/m0/s1. The van der Waals surface area contributed by atoms with Gasteiger partial charge < -0.3 is 15.2 Å². The van der Waals surface area contributed by atoms with Gasteiger partial charge in [0, 0.05) is 30.2 Å². The Labute approximate surface area is 201 Å². The van der Waals surface area contributed by atoms with Crippen LogP contribution in [0.15, 0.2) is 65.6 Å². The summed E-state index contributed by atoms with van der Waals surface area (Å²) in [6.45, 7) is 2.94. The van der Waals surface area contributed by atoms with Gasteiger partial charge in [-0.05, 0) is 48.9 Å². The van der Waals surface area contributed by atoms with E-state index in [0.717, 1.165) is 34.8 Å². The number of hydrogen-bond acceptors (Lipinski definition) is 6. The molecule has 0 saturated heterocycles. The number of sulfonamides is 1. The number of nitrogens with zero attached hydrogens (tertiary/aromatic N) is 1. The fourth-order valence-electron chi connectivity index (χ4n) is 3.53. The molecule has 1 heterocycles. The van der Waals surface area contributed by atoms with Crippen LogP contribution in [0.1, 0.15) is 17.4 Å². The zero-order chi connectivity index (χ0) is 25.0. The average Bonchev–Trinajstić information content (AvgIpc) is 3.20. The molecule has 0 unspecified atom stereocenters. The highest BCUT2D eigenvalue weighted by Crippen LogP contribution is 2.23. The second-order valence-corrected chi connectivity index (χ2v) is 9.52. The number of ether oxygens (including phenoxy) is 1. The van der Waals surface area contributed by atoms with Gasteiger partial charge >= 0.3 is 0 Å². The number of halogens is 2. The summed E-state index contributed by atoms with van der Waals surface area (Å²) in [6.07, 6.45) is -0.935. The number of nitrogens with one attached hydrogen (secondary N) is 3. The monoisotopic (exact) mass is 502 g/mol. The summed E-state index contributed by atoms with van der Waals surface area (Å²) in [5.41, 5.74) is 2.36. The van der Waals surface area contributed by atoms with E-state index in [1.165, 1.54) is 12.1 Å². The molecule has 0 bridgehead atoms. The van der Waals surface area contributed by atoms with Crippen LogP contribution in [0.3, 0.4) is 0 Å². The van der Waals surface area contributed by atoms with Crippen LogP contribution in [0.4, 0.5) is 14.5 Å². The maximum Gasteiger partial charge on any atom is 0.264 e. The van der Waals surface area contributed by atoms with E-state index in [1.54, 1.807) is 12.1 Å². The lowest BCUT2D eigenvalue weighted by atomic mass is 10.1. The van der Waals surface area contributed by atoms with Crippen molar-refractivity contribution in [3.05, 3.63) is 83.6 Å². The highest BCUT2D eigenvalue weighted by atomic mass is 32.2. The number of anilines is 1. The minimum atomic E-state index is -4.36. The summed E-state index contributed by atoms with van der Waals surface area (Å²) in [5.74, 6) is -2.02. The van der Waals surface area contributed by atoms with Crippen LogP contribution in [0.5, 0.6) is 5.75 Å². The number of H-pyrrole nitrogens is 1. The van der Waals surface area contributed by atoms with Crippen LogP contribution in [0.25, 0.3) is 10.9 Å². The van der Waals surface area contributed by atoms with Gasteiger partial charge in [0.15, 0.2) is 11.6 Å². The van der Waals surface area contributed by atoms with Crippen molar-refractivity contribution in [1.82, 2.24) is 15.5 Å². The molecule has 1 aromatic heterocycles. The zero-order valence-corrected chi connectivity index (χ0v) is 19.6. The van der Waals surface area contributed by atoms with Gasteiger partial charge in [0.05, 0.1) is 17.3 Å². The largest absolute Gasteiger partial charge is 0.492 e. The fraction of sp³-hybridized carbons (Fsp3) is 0.208. The molecule has 184 valence electrons. The molecule has 0 fully saturated rings. The van der Waals surface area contributed by atoms with Crippen molar-refractivity contribution in [3.8, 4) is 5.75 Å². The minimum absolute atomic E-state index is 0.109. The van der Waals surface area contributed by atoms with E-state index in [0.29, 0.717) is 24.5 Å². The molecular formula is C24H24F2N4O4S. The molecule has 1 atom stereocenters. The fourth-order valence-corrected chi connectivity index (χ4v) is 4.67. The van der Waals surface area contributed by atoms with Gasteiger partial charge in [-0.1, -0.05) is 18.2 Å². The van der Waals surface area contributed by atoms with E-state index >= 15 is 0 Å². The highest BCUT2D eigenvalue weighted by Gasteiger charge is 2.22. The van der Waals surface area contributed by atoms with E-state index < -0.39 is 32.7 Å². The van der Waals surface area contributed by atoms with Crippen LogP contribution in [-0.4, -0.2) is 43.4 Å². The zero-order valence-electron chi connectivity index (χ0n) is 18.8. The third-order valence-electron chi connectivity index (χ3n) is 5.34. The van der Waals surface area contributed by atoms with Gasteiger partial charge in [0.2, 0.25) is 0 Å². The normalized spacial score (nSPS) is 12.6. The number of fused-ring (bicyclic) bond motifs is 1. The predicted molar refractivity (Wildman–Crippen MR) is 128 cm³/mol. The van der Waals surface area contributed by atoms with Crippen molar-refractivity contribution < 1.29 is 27.0 Å².